The Balaban J connectivity index is 2.77. The van der Waals surface area contributed by atoms with Gasteiger partial charge in [-0.2, -0.15) is 9.67 Å². The van der Waals surface area contributed by atoms with Gasteiger partial charge in [-0.1, -0.05) is 0 Å². The number of nitro groups is 1. The van der Waals surface area contributed by atoms with Gasteiger partial charge in [-0.15, -0.1) is 5.10 Å². The molecule has 0 unspecified atom stereocenters. The first kappa shape index (κ1) is 11.9. The van der Waals surface area contributed by atoms with E-state index in [9.17, 15) is 10.1 Å². The molecule has 0 spiro atoms. The molecule has 0 aliphatic heterocycles. The number of hydrogen-bond acceptors (Lipinski definition) is 7. The predicted molar refractivity (Wildman–Crippen MR) is 62.2 cm³/mol. The van der Waals surface area contributed by atoms with E-state index in [1.807, 2.05) is 0 Å². The highest BCUT2D eigenvalue weighted by Gasteiger charge is 2.25. The van der Waals surface area contributed by atoms with Crippen LogP contribution in [0.5, 0.6) is 0 Å². The fraction of sp³-hybridized carbons (Fsp3) is 0.333. The van der Waals surface area contributed by atoms with Gasteiger partial charge < -0.3 is 5.73 Å². The first-order valence-electron chi connectivity index (χ1n) is 5.09. The number of aryl methyl sites for hydroxylation is 3. The molecule has 0 atom stereocenters. The summed E-state index contributed by atoms with van der Waals surface area (Å²) in [6.07, 6.45) is 0. The molecule has 2 aromatic heterocycles. The molecule has 0 amide bonds. The molecule has 9 nitrogen and oxygen atoms in total. The van der Waals surface area contributed by atoms with Crippen LogP contribution in [-0.4, -0.2) is 29.7 Å². The van der Waals surface area contributed by atoms with Crippen molar-refractivity contribution in [1.82, 2.24) is 24.7 Å². The Morgan fingerprint density at radius 2 is 1.89 bits per heavy atom. The van der Waals surface area contributed by atoms with Gasteiger partial charge in [0.2, 0.25) is 11.8 Å². The van der Waals surface area contributed by atoms with E-state index in [0.29, 0.717) is 11.6 Å². The van der Waals surface area contributed by atoms with Crippen LogP contribution in [0.3, 0.4) is 0 Å². The zero-order valence-electron chi connectivity index (χ0n) is 10.1. The number of aromatic nitrogens is 5. The molecule has 0 aliphatic rings. The van der Waals surface area contributed by atoms with Gasteiger partial charge in [-0.25, -0.2) is 9.97 Å². The second kappa shape index (κ2) is 4.02. The van der Waals surface area contributed by atoms with Crippen LogP contribution in [0.1, 0.15) is 17.3 Å². The third-order valence-electron chi connectivity index (χ3n) is 2.32. The zero-order valence-corrected chi connectivity index (χ0v) is 10.1. The smallest absolute Gasteiger partial charge is 0.334 e. The van der Waals surface area contributed by atoms with Gasteiger partial charge in [0.25, 0.3) is 0 Å². The molecule has 0 saturated heterocycles. The van der Waals surface area contributed by atoms with E-state index >= 15 is 0 Å². The van der Waals surface area contributed by atoms with Gasteiger partial charge in [0, 0.05) is 0 Å². The minimum atomic E-state index is -0.555. The lowest BCUT2D eigenvalue weighted by Gasteiger charge is -2.05. The van der Waals surface area contributed by atoms with Crippen molar-refractivity contribution in [3.63, 3.8) is 0 Å². The molecule has 2 aromatic rings. The summed E-state index contributed by atoms with van der Waals surface area (Å²) in [6, 6.07) is 0. The Morgan fingerprint density at radius 3 is 2.39 bits per heavy atom. The van der Waals surface area contributed by atoms with Crippen LogP contribution in [0.2, 0.25) is 0 Å². The third kappa shape index (κ3) is 1.85. The maximum atomic E-state index is 11.1. The molecule has 9 heteroatoms. The molecule has 0 fully saturated rings. The summed E-state index contributed by atoms with van der Waals surface area (Å²) in [5.41, 5.74) is 5.48. The van der Waals surface area contributed by atoms with E-state index in [1.165, 1.54) is 11.6 Å². The normalized spacial score (nSPS) is 10.6. The quantitative estimate of drug-likeness (QED) is 0.605. The summed E-state index contributed by atoms with van der Waals surface area (Å²) in [6.45, 7) is 4.86. The molecule has 2 heterocycles. The van der Waals surface area contributed by atoms with E-state index in [-0.39, 0.29) is 23.1 Å². The first-order chi connectivity index (χ1) is 8.40. The van der Waals surface area contributed by atoms with Gasteiger partial charge in [-0.05, 0) is 20.8 Å². The Kier molecular flexibility index (Phi) is 2.66. The number of nitrogens with zero attached hydrogens (tertiary/aromatic N) is 6. The van der Waals surface area contributed by atoms with Crippen LogP contribution in [0.15, 0.2) is 0 Å². The number of nitrogens with two attached hydrogens (primary N) is 1. The van der Waals surface area contributed by atoms with Crippen LogP contribution in [-0.2, 0) is 0 Å². The van der Waals surface area contributed by atoms with Crippen LogP contribution in [0.25, 0.3) is 5.82 Å². The third-order valence-corrected chi connectivity index (χ3v) is 2.32. The van der Waals surface area contributed by atoms with Crippen molar-refractivity contribution in [2.24, 2.45) is 0 Å². The van der Waals surface area contributed by atoms with Gasteiger partial charge in [0.05, 0.1) is 4.92 Å². The van der Waals surface area contributed by atoms with Gasteiger partial charge in [-0.3, -0.25) is 10.1 Å². The van der Waals surface area contributed by atoms with Gasteiger partial charge in [0.1, 0.15) is 17.3 Å². The Hall–Kier alpha value is -2.58. The van der Waals surface area contributed by atoms with E-state index in [4.69, 9.17) is 5.73 Å². The SMILES string of the molecule is Cc1nc(C)n(-c2nc(N)nc(C)c2[N+](=O)[O-])n1. The van der Waals surface area contributed by atoms with E-state index in [2.05, 4.69) is 20.1 Å². The topological polar surface area (TPSA) is 126 Å². The number of anilines is 1. The molecule has 0 aromatic carbocycles. The Bertz CT molecular complexity index is 634. The maximum absolute atomic E-state index is 11.1. The monoisotopic (exact) mass is 249 g/mol. The molecule has 0 aliphatic carbocycles. The largest absolute Gasteiger partial charge is 0.368 e. The fourth-order valence-electron chi connectivity index (χ4n) is 1.66. The standard InChI is InChI=1S/C9H11N7O2/c1-4-7(16(17)18)8(13-9(10)11-4)15-6(3)12-5(2)14-15/h1-3H3,(H2,10,11,13). The summed E-state index contributed by atoms with van der Waals surface area (Å²) >= 11 is 0. The van der Waals surface area contributed by atoms with E-state index < -0.39 is 4.92 Å². The van der Waals surface area contributed by atoms with Crippen molar-refractivity contribution < 1.29 is 4.92 Å². The average Bonchev–Trinajstić information content (AvgIpc) is 2.55. The minimum absolute atomic E-state index is 0.0306. The number of hydrogen-bond donors (Lipinski definition) is 1. The van der Waals surface area contributed by atoms with Gasteiger partial charge >= 0.3 is 5.69 Å². The zero-order chi connectivity index (χ0) is 13.4. The lowest BCUT2D eigenvalue weighted by Crippen LogP contribution is -2.11. The van der Waals surface area contributed by atoms with Crippen LogP contribution < -0.4 is 5.73 Å². The molecule has 0 bridgehead atoms. The Labute approximate surface area is 102 Å². The summed E-state index contributed by atoms with van der Waals surface area (Å²) in [5, 5.41) is 15.1. The minimum Gasteiger partial charge on any atom is -0.368 e. The lowest BCUT2D eigenvalue weighted by molar-refractivity contribution is -0.385. The van der Waals surface area contributed by atoms with Crippen LogP contribution in [0, 0.1) is 30.9 Å². The van der Waals surface area contributed by atoms with E-state index in [1.54, 1.807) is 13.8 Å². The van der Waals surface area contributed by atoms with Crippen molar-refractivity contribution in [2.45, 2.75) is 20.8 Å². The highest BCUT2D eigenvalue weighted by atomic mass is 16.6. The summed E-state index contributed by atoms with van der Waals surface area (Å²) in [4.78, 5) is 22.3. The predicted octanol–water partition coefficient (Wildman–Crippen LogP) is 0.473. The molecule has 2 N–H and O–H groups in total. The van der Waals surface area contributed by atoms with Crippen LogP contribution in [0.4, 0.5) is 11.6 Å². The van der Waals surface area contributed by atoms with Crippen molar-refractivity contribution in [3.05, 3.63) is 27.5 Å². The van der Waals surface area contributed by atoms with Crippen molar-refractivity contribution in [3.8, 4) is 5.82 Å². The van der Waals surface area contributed by atoms with Gasteiger partial charge in [0.15, 0.2) is 0 Å². The molecule has 0 saturated carbocycles. The second-order valence-electron chi connectivity index (χ2n) is 3.71. The summed E-state index contributed by atoms with van der Waals surface area (Å²) in [5.74, 6) is 0.980. The summed E-state index contributed by atoms with van der Waals surface area (Å²) < 4.78 is 1.29. The molecule has 2 rings (SSSR count). The highest BCUT2D eigenvalue weighted by Crippen LogP contribution is 2.24. The maximum Gasteiger partial charge on any atom is 0.334 e. The average molecular weight is 249 g/mol. The first-order valence-corrected chi connectivity index (χ1v) is 5.09. The number of rotatable bonds is 2. The summed E-state index contributed by atoms with van der Waals surface area (Å²) in [7, 11) is 0. The second-order valence-corrected chi connectivity index (χ2v) is 3.71. The molecule has 0 radical (unpaired) electrons. The lowest BCUT2D eigenvalue weighted by atomic mass is 10.3. The van der Waals surface area contributed by atoms with Crippen molar-refractivity contribution in [1.29, 1.82) is 0 Å². The van der Waals surface area contributed by atoms with Crippen molar-refractivity contribution in [2.75, 3.05) is 5.73 Å². The van der Waals surface area contributed by atoms with Crippen LogP contribution >= 0.6 is 0 Å². The molecular formula is C9H11N7O2. The number of nitrogen functional groups attached to an aromatic ring is 1. The molecule has 18 heavy (non-hydrogen) atoms. The van der Waals surface area contributed by atoms with Crippen molar-refractivity contribution >= 4 is 11.6 Å². The molecular weight excluding hydrogens is 238 g/mol. The van der Waals surface area contributed by atoms with E-state index in [0.717, 1.165) is 0 Å². The fourth-order valence-corrected chi connectivity index (χ4v) is 1.66. The molecule has 94 valence electrons. The highest BCUT2D eigenvalue weighted by molar-refractivity contribution is 5.52. The Morgan fingerprint density at radius 1 is 1.22 bits per heavy atom.